The molecule has 2 rings (SSSR count). The number of aromatic amines is 1. The molecule has 0 bridgehead atoms. The summed E-state index contributed by atoms with van der Waals surface area (Å²) in [5, 5.41) is 9.36. The zero-order chi connectivity index (χ0) is 10.1. The van der Waals surface area contributed by atoms with Crippen LogP contribution in [0.15, 0.2) is 18.2 Å². The SMILES string of the molecule is CC(O)c1nc2c(CN)cccc2[nH]1. The molecule has 1 aromatic heterocycles. The van der Waals surface area contributed by atoms with Gasteiger partial charge in [0.2, 0.25) is 0 Å². The molecule has 2 aromatic rings. The number of para-hydroxylation sites is 1. The van der Waals surface area contributed by atoms with Crippen molar-refractivity contribution in [3.63, 3.8) is 0 Å². The van der Waals surface area contributed by atoms with E-state index in [0.29, 0.717) is 12.4 Å². The van der Waals surface area contributed by atoms with Crippen LogP contribution in [0.1, 0.15) is 24.4 Å². The molecule has 0 fully saturated rings. The van der Waals surface area contributed by atoms with E-state index in [4.69, 9.17) is 5.73 Å². The Balaban J connectivity index is 2.64. The Bertz CT molecular complexity index is 448. The van der Waals surface area contributed by atoms with Gasteiger partial charge in [-0.1, -0.05) is 12.1 Å². The van der Waals surface area contributed by atoms with Crippen LogP contribution in [0.5, 0.6) is 0 Å². The summed E-state index contributed by atoms with van der Waals surface area (Å²) < 4.78 is 0. The van der Waals surface area contributed by atoms with Crippen LogP contribution >= 0.6 is 0 Å². The minimum absolute atomic E-state index is 0.460. The maximum absolute atomic E-state index is 9.36. The molecule has 74 valence electrons. The number of hydrogen-bond acceptors (Lipinski definition) is 3. The maximum atomic E-state index is 9.36. The van der Waals surface area contributed by atoms with Gasteiger partial charge in [-0.15, -0.1) is 0 Å². The van der Waals surface area contributed by atoms with Crippen molar-refractivity contribution >= 4 is 11.0 Å². The number of rotatable bonds is 2. The zero-order valence-electron chi connectivity index (χ0n) is 7.99. The smallest absolute Gasteiger partial charge is 0.135 e. The Hall–Kier alpha value is -1.39. The van der Waals surface area contributed by atoms with Gasteiger partial charge in [0.1, 0.15) is 11.9 Å². The van der Waals surface area contributed by atoms with Gasteiger partial charge in [-0.05, 0) is 18.6 Å². The van der Waals surface area contributed by atoms with Crippen molar-refractivity contribution < 1.29 is 5.11 Å². The highest BCUT2D eigenvalue weighted by Crippen LogP contribution is 2.18. The largest absolute Gasteiger partial charge is 0.385 e. The van der Waals surface area contributed by atoms with Gasteiger partial charge >= 0.3 is 0 Å². The molecule has 0 aliphatic carbocycles. The molecule has 14 heavy (non-hydrogen) atoms. The van der Waals surface area contributed by atoms with Gasteiger partial charge in [0.15, 0.2) is 0 Å². The lowest BCUT2D eigenvalue weighted by Crippen LogP contribution is -1.97. The minimum atomic E-state index is -0.576. The van der Waals surface area contributed by atoms with Crippen LogP contribution in [-0.2, 0) is 6.54 Å². The van der Waals surface area contributed by atoms with Crippen LogP contribution in [0.2, 0.25) is 0 Å². The lowest BCUT2D eigenvalue weighted by Gasteiger charge is -1.96. The summed E-state index contributed by atoms with van der Waals surface area (Å²) in [6, 6.07) is 5.79. The number of benzene rings is 1. The van der Waals surface area contributed by atoms with Gasteiger partial charge in [-0.2, -0.15) is 0 Å². The summed E-state index contributed by atoms with van der Waals surface area (Å²) >= 11 is 0. The number of fused-ring (bicyclic) bond motifs is 1. The summed E-state index contributed by atoms with van der Waals surface area (Å²) in [5.41, 5.74) is 8.35. The highest BCUT2D eigenvalue weighted by molar-refractivity contribution is 5.78. The Morgan fingerprint density at radius 2 is 2.36 bits per heavy atom. The predicted molar refractivity (Wildman–Crippen MR) is 54.6 cm³/mol. The van der Waals surface area contributed by atoms with E-state index in [2.05, 4.69) is 9.97 Å². The first-order valence-corrected chi connectivity index (χ1v) is 4.58. The molecule has 1 atom stereocenters. The molecular weight excluding hydrogens is 178 g/mol. The average molecular weight is 191 g/mol. The highest BCUT2D eigenvalue weighted by atomic mass is 16.3. The Labute approximate surface area is 81.8 Å². The van der Waals surface area contributed by atoms with Crippen molar-refractivity contribution in [3.8, 4) is 0 Å². The third-order valence-electron chi connectivity index (χ3n) is 2.23. The van der Waals surface area contributed by atoms with Crippen molar-refractivity contribution in [3.05, 3.63) is 29.6 Å². The zero-order valence-corrected chi connectivity index (χ0v) is 7.99. The van der Waals surface area contributed by atoms with E-state index in [1.807, 2.05) is 18.2 Å². The van der Waals surface area contributed by atoms with Gasteiger partial charge < -0.3 is 15.8 Å². The van der Waals surface area contributed by atoms with Crippen molar-refractivity contribution in [2.75, 3.05) is 0 Å². The third kappa shape index (κ3) is 1.38. The normalized spacial score (nSPS) is 13.4. The summed E-state index contributed by atoms with van der Waals surface area (Å²) in [6.07, 6.45) is -0.576. The number of imidazole rings is 1. The molecule has 0 aliphatic heterocycles. The predicted octanol–water partition coefficient (Wildman–Crippen LogP) is 1.07. The van der Waals surface area contributed by atoms with E-state index in [0.717, 1.165) is 16.6 Å². The van der Waals surface area contributed by atoms with E-state index in [1.54, 1.807) is 6.92 Å². The summed E-state index contributed by atoms with van der Waals surface area (Å²) in [6.45, 7) is 2.14. The van der Waals surface area contributed by atoms with Gasteiger partial charge in [0.05, 0.1) is 11.0 Å². The van der Waals surface area contributed by atoms with Gasteiger partial charge in [0, 0.05) is 6.54 Å². The number of nitrogens with one attached hydrogen (secondary N) is 1. The molecule has 0 spiro atoms. The molecule has 0 aliphatic rings. The van der Waals surface area contributed by atoms with E-state index < -0.39 is 6.10 Å². The molecule has 0 radical (unpaired) electrons. The molecule has 1 aromatic carbocycles. The number of nitrogens with zero attached hydrogens (tertiary/aromatic N) is 1. The Morgan fingerprint density at radius 1 is 1.57 bits per heavy atom. The fourth-order valence-corrected chi connectivity index (χ4v) is 1.47. The molecular formula is C10H13N3O. The average Bonchev–Trinajstić information content (AvgIpc) is 2.60. The first-order valence-electron chi connectivity index (χ1n) is 4.58. The second-order valence-corrected chi connectivity index (χ2v) is 3.32. The molecule has 4 N–H and O–H groups in total. The first kappa shape index (κ1) is 9.18. The van der Waals surface area contributed by atoms with Crippen LogP contribution in [0, 0.1) is 0 Å². The second-order valence-electron chi connectivity index (χ2n) is 3.32. The highest BCUT2D eigenvalue weighted by Gasteiger charge is 2.09. The van der Waals surface area contributed by atoms with Crippen LogP contribution in [-0.4, -0.2) is 15.1 Å². The Morgan fingerprint density at radius 3 is 3.00 bits per heavy atom. The summed E-state index contributed by atoms with van der Waals surface area (Å²) in [7, 11) is 0. The van der Waals surface area contributed by atoms with Crippen molar-refractivity contribution in [2.24, 2.45) is 5.73 Å². The minimum Gasteiger partial charge on any atom is -0.385 e. The molecule has 4 nitrogen and oxygen atoms in total. The van der Waals surface area contributed by atoms with Gasteiger partial charge in [0.25, 0.3) is 0 Å². The maximum Gasteiger partial charge on any atom is 0.135 e. The van der Waals surface area contributed by atoms with E-state index >= 15 is 0 Å². The number of H-pyrrole nitrogens is 1. The van der Waals surface area contributed by atoms with Crippen LogP contribution in [0.3, 0.4) is 0 Å². The van der Waals surface area contributed by atoms with Crippen LogP contribution < -0.4 is 5.73 Å². The van der Waals surface area contributed by atoms with E-state index in [9.17, 15) is 5.11 Å². The summed E-state index contributed by atoms with van der Waals surface area (Å²) in [4.78, 5) is 7.35. The number of nitrogens with two attached hydrogens (primary N) is 1. The molecule has 0 amide bonds. The number of aliphatic hydroxyl groups excluding tert-OH is 1. The third-order valence-corrected chi connectivity index (χ3v) is 2.23. The molecule has 0 saturated carbocycles. The molecule has 0 saturated heterocycles. The van der Waals surface area contributed by atoms with Gasteiger partial charge in [-0.3, -0.25) is 0 Å². The van der Waals surface area contributed by atoms with Gasteiger partial charge in [-0.25, -0.2) is 4.98 Å². The quantitative estimate of drug-likeness (QED) is 0.664. The van der Waals surface area contributed by atoms with Crippen molar-refractivity contribution in [1.82, 2.24) is 9.97 Å². The van der Waals surface area contributed by atoms with Crippen molar-refractivity contribution in [2.45, 2.75) is 19.6 Å². The number of aliphatic hydroxyl groups is 1. The first-order chi connectivity index (χ1) is 6.72. The van der Waals surface area contributed by atoms with E-state index in [-0.39, 0.29) is 0 Å². The molecule has 1 unspecified atom stereocenters. The fourth-order valence-electron chi connectivity index (χ4n) is 1.47. The monoisotopic (exact) mass is 191 g/mol. The molecule has 4 heteroatoms. The molecule has 1 heterocycles. The number of hydrogen-bond donors (Lipinski definition) is 3. The van der Waals surface area contributed by atoms with Crippen molar-refractivity contribution in [1.29, 1.82) is 0 Å². The second kappa shape index (κ2) is 3.40. The fraction of sp³-hybridized carbons (Fsp3) is 0.300. The number of aromatic nitrogens is 2. The standard InChI is InChI=1S/C10H13N3O/c1-6(14)10-12-8-4-2-3-7(5-11)9(8)13-10/h2-4,6,14H,5,11H2,1H3,(H,12,13). The Kier molecular flexibility index (Phi) is 2.23. The van der Waals surface area contributed by atoms with Crippen LogP contribution in [0.25, 0.3) is 11.0 Å². The lowest BCUT2D eigenvalue weighted by atomic mass is 10.2. The summed E-state index contributed by atoms with van der Waals surface area (Å²) in [5.74, 6) is 0.584. The van der Waals surface area contributed by atoms with Crippen LogP contribution in [0.4, 0.5) is 0 Å². The van der Waals surface area contributed by atoms with E-state index in [1.165, 1.54) is 0 Å². The topological polar surface area (TPSA) is 74.9 Å². The lowest BCUT2D eigenvalue weighted by molar-refractivity contribution is 0.190.